The summed E-state index contributed by atoms with van der Waals surface area (Å²) in [4.78, 5) is 16.0. The maximum atomic E-state index is 12.0. The number of hydrazone groups is 1. The van der Waals surface area contributed by atoms with E-state index in [1.54, 1.807) is 12.4 Å². The van der Waals surface area contributed by atoms with E-state index in [0.29, 0.717) is 12.8 Å². The summed E-state index contributed by atoms with van der Waals surface area (Å²) in [6.07, 6.45) is 4.59. The Morgan fingerprint density at radius 2 is 1.95 bits per heavy atom. The van der Waals surface area contributed by atoms with E-state index < -0.39 is 0 Å². The Morgan fingerprint density at radius 3 is 2.68 bits per heavy atom. The van der Waals surface area contributed by atoms with E-state index in [1.807, 2.05) is 42.5 Å². The molecule has 4 heteroatoms. The van der Waals surface area contributed by atoms with Gasteiger partial charge in [0.2, 0.25) is 0 Å². The Balaban J connectivity index is 1.80. The molecule has 1 aliphatic heterocycles. The van der Waals surface area contributed by atoms with Crippen molar-refractivity contribution < 1.29 is 4.79 Å². The molecule has 1 aromatic carbocycles. The highest BCUT2D eigenvalue weighted by Gasteiger charge is 2.24. The number of nitrogens with zero attached hydrogens (tertiary/aromatic N) is 3. The molecule has 0 saturated carbocycles. The van der Waals surface area contributed by atoms with Crippen molar-refractivity contribution in [2.75, 3.05) is 5.01 Å². The van der Waals surface area contributed by atoms with Crippen LogP contribution >= 0.6 is 0 Å². The lowest BCUT2D eigenvalue weighted by Gasteiger charge is -2.10. The van der Waals surface area contributed by atoms with E-state index in [0.717, 1.165) is 17.0 Å². The molecule has 1 amide bonds. The van der Waals surface area contributed by atoms with Crippen LogP contribution in [-0.2, 0) is 11.2 Å². The quantitative estimate of drug-likeness (QED) is 0.841. The summed E-state index contributed by atoms with van der Waals surface area (Å²) < 4.78 is 0. The van der Waals surface area contributed by atoms with E-state index >= 15 is 0 Å². The van der Waals surface area contributed by atoms with Gasteiger partial charge in [-0.2, -0.15) is 5.10 Å². The lowest BCUT2D eigenvalue weighted by Crippen LogP contribution is -2.19. The number of rotatable bonds is 3. The predicted molar refractivity (Wildman–Crippen MR) is 73.9 cm³/mol. The highest BCUT2D eigenvalue weighted by atomic mass is 16.2. The molecule has 0 atom stereocenters. The van der Waals surface area contributed by atoms with Crippen LogP contribution < -0.4 is 5.01 Å². The second-order valence-corrected chi connectivity index (χ2v) is 4.42. The van der Waals surface area contributed by atoms with Crippen LogP contribution in [0.5, 0.6) is 0 Å². The minimum Gasteiger partial charge on any atom is -0.272 e. The van der Waals surface area contributed by atoms with Gasteiger partial charge in [-0.3, -0.25) is 9.78 Å². The molecule has 19 heavy (non-hydrogen) atoms. The Labute approximate surface area is 111 Å². The topological polar surface area (TPSA) is 45.6 Å². The Bertz CT molecular complexity index is 608. The SMILES string of the molecule is O=C1CC(Cc2cccnc2)=NN1c1ccccc1. The minimum absolute atomic E-state index is 0.0186. The molecule has 0 aliphatic carbocycles. The van der Waals surface area contributed by atoms with E-state index in [1.165, 1.54) is 5.01 Å². The van der Waals surface area contributed by atoms with Crippen LogP contribution in [-0.4, -0.2) is 16.6 Å². The summed E-state index contributed by atoms with van der Waals surface area (Å²) >= 11 is 0. The van der Waals surface area contributed by atoms with Crippen LogP contribution in [0.25, 0.3) is 0 Å². The summed E-state index contributed by atoms with van der Waals surface area (Å²) in [5.41, 5.74) is 2.76. The van der Waals surface area contributed by atoms with E-state index in [4.69, 9.17) is 0 Å². The van der Waals surface area contributed by atoms with Gasteiger partial charge < -0.3 is 0 Å². The molecule has 0 saturated heterocycles. The second-order valence-electron chi connectivity index (χ2n) is 4.42. The molecule has 0 bridgehead atoms. The van der Waals surface area contributed by atoms with Crippen LogP contribution in [0, 0.1) is 0 Å². The molecular weight excluding hydrogens is 238 g/mol. The average Bonchev–Trinajstić information content (AvgIpc) is 2.82. The summed E-state index contributed by atoms with van der Waals surface area (Å²) in [6, 6.07) is 13.4. The van der Waals surface area contributed by atoms with Gasteiger partial charge in [0.25, 0.3) is 5.91 Å². The Morgan fingerprint density at radius 1 is 1.11 bits per heavy atom. The molecule has 0 N–H and O–H groups in total. The standard InChI is InChI=1S/C15H13N3O/c19-15-10-13(9-12-5-4-8-16-11-12)17-18(15)14-6-2-1-3-7-14/h1-8,11H,9-10H2. The fourth-order valence-corrected chi connectivity index (χ4v) is 2.09. The van der Waals surface area contributed by atoms with E-state index in [9.17, 15) is 4.79 Å². The fraction of sp³-hybridized carbons (Fsp3) is 0.133. The van der Waals surface area contributed by atoms with Crippen LogP contribution in [0.15, 0.2) is 60.0 Å². The number of carbonyl (C=O) groups excluding carboxylic acids is 1. The molecule has 94 valence electrons. The van der Waals surface area contributed by atoms with Gasteiger partial charge in [-0.25, -0.2) is 5.01 Å². The number of amides is 1. The van der Waals surface area contributed by atoms with Gasteiger partial charge in [-0.1, -0.05) is 24.3 Å². The number of benzene rings is 1. The summed E-state index contributed by atoms with van der Waals surface area (Å²) in [5, 5.41) is 5.89. The molecule has 2 aromatic rings. The molecule has 0 spiro atoms. The third-order valence-corrected chi connectivity index (χ3v) is 2.96. The first-order valence-corrected chi connectivity index (χ1v) is 6.16. The lowest BCUT2D eigenvalue weighted by atomic mass is 10.1. The summed E-state index contributed by atoms with van der Waals surface area (Å²) in [5.74, 6) is 0.0186. The number of carbonyl (C=O) groups is 1. The third-order valence-electron chi connectivity index (χ3n) is 2.96. The van der Waals surface area contributed by atoms with Crippen molar-refractivity contribution in [3.63, 3.8) is 0 Å². The number of aromatic nitrogens is 1. The lowest BCUT2D eigenvalue weighted by molar-refractivity contribution is -0.116. The number of pyridine rings is 1. The number of hydrogen-bond donors (Lipinski definition) is 0. The molecule has 0 radical (unpaired) electrons. The maximum absolute atomic E-state index is 12.0. The Hall–Kier alpha value is -2.49. The molecule has 1 aliphatic rings. The predicted octanol–water partition coefficient (Wildman–Crippen LogP) is 2.42. The molecule has 2 heterocycles. The Kier molecular flexibility index (Phi) is 3.06. The van der Waals surface area contributed by atoms with Crippen LogP contribution in [0.4, 0.5) is 5.69 Å². The number of hydrogen-bond acceptors (Lipinski definition) is 3. The molecule has 0 unspecified atom stereocenters. The van der Waals surface area contributed by atoms with Crippen LogP contribution in [0.3, 0.4) is 0 Å². The zero-order valence-corrected chi connectivity index (χ0v) is 10.4. The summed E-state index contributed by atoms with van der Waals surface area (Å²) in [6.45, 7) is 0. The van der Waals surface area contributed by atoms with Crippen molar-refractivity contribution in [3.8, 4) is 0 Å². The van der Waals surface area contributed by atoms with Gasteiger partial charge >= 0.3 is 0 Å². The largest absolute Gasteiger partial charge is 0.272 e. The maximum Gasteiger partial charge on any atom is 0.253 e. The van der Waals surface area contributed by atoms with Crippen molar-refractivity contribution in [1.29, 1.82) is 0 Å². The zero-order valence-electron chi connectivity index (χ0n) is 10.4. The van der Waals surface area contributed by atoms with Crippen molar-refractivity contribution in [1.82, 2.24) is 4.98 Å². The summed E-state index contributed by atoms with van der Waals surface area (Å²) in [7, 11) is 0. The molecule has 3 rings (SSSR count). The van der Waals surface area contributed by atoms with Gasteiger partial charge in [0.05, 0.1) is 17.8 Å². The first-order valence-electron chi connectivity index (χ1n) is 6.16. The van der Waals surface area contributed by atoms with Gasteiger partial charge in [0.1, 0.15) is 0 Å². The molecular formula is C15H13N3O. The van der Waals surface area contributed by atoms with Gasteiger partial charge in [-0.15, -0.1) is 0 Å². The van der Waals surface area contributed by atoms with Crippen LogP contribution in [0.2, 0.25) is 0 Å². The van der Waals surface area contributed by atoms with Crippen LogP contribution in [0.1, 0.15) is 12.0 Å². The van der Waals surface area contributed by atoms with Gasteiger partial charge in [-0.05, 0) is 23.8 Å². The first-order chi connectivity index (χ1) is 9.33. The van der Waals surface area contributed by atoms with Crippen molar-refractivity contribution in [3.05, 3.63) is 60.4 Å². The molecule has 1 aromatic heterocycles. The highest BCUT2D eigenvalue weighted by molar-refractivity contribution is 6.13. The first kappa shape index (κ1) is 11.6. The number of anilines is 1. The molecule has 0 fully saturated rings. The number of para-hydroxylation sites is 1. The molecule has 4 nitrogen and oxygen atoms in total. The fourth-order valence-electron chi connectivity index (χ4n) is 2.09. The second kappa shape index (κ2) is 5.02. The average molecular weight is 251 g/mol. The van der Waals surface area contributed by atoms with Gasteiger partial charge in [0.15, 0.2) is 0 Å². The highest BCUT2D eigenvalue weighted by Crippen LogP contribution is 2.20. The van der Waals surface area contributed by atoms with E-state index in [2.05, 4.69) is 10.1 Å². The minimum atomic E-state index is 0.0186. The van der Waals surface area contributed by atoms with Crippen molar-refractivity contribution in [2.45, 2.75) is 12.8 Å². The monoisotopic (exact) mass is 251 g/mol. The normalized spacial score (nSPS) is 14.6. The van der Waals surface area contributed by atoms with E-state index in [-0.39, 0.29) is 5.91 Å². The van der Waals surface area contributed by atoms with Gasteiger partial charge in [0, 0.05) is 18.8 Å². The third kappa shape index (κ3) is 2.52. The zero-order chi connectivity index (χ0) is 13.1. The van der Waals surface area contributed by atoms with Crippen molar-refractivity contribution in [2.24, 2.45) is 5.10 Å². The van der Waals surface area contributed by atoms with Crippen molar-refractivity contribution >= 4 is 17.3 Å². The smallest absolute Gasteiger partial charge is 0.253 e.